The Kier molecular flexibility index (Phi) is 5.21. The molecule has 16 heavy (non-hydrogen) atoms. The number of rotatable bonds is 7. The second-order valence-electron chi connectivity index (χ2n) is 4.24. The molecule has 0 saturated carbocycles. The molecule has 0 amide bonds. The summed E-state index contributed by atoms with van der Waals surface area (Å²) < 4.78 is 22.3. The quantitative estimate of drug-likeness (QED) is 0.588. The van der Waals surface area contributed by atoms with Crippen LogP contribution in [0.1, 0.15) is 32.1 Å². The minimum atomic E-state index is -2.80. The standard InChI is InChI=1S/C10H19NO4S/c12-10(13)4-2-1-3-6-11-9-5-7-16(14,15)8-9/h9,11H,1-8H2,(H,12,13)/p-1. The van der Waals surface area contributed by atoms with Crippen molar-refractivity contribution in [2.24, 2.45) is 0 Å². The van der Waals surface area contributed by atoms with Crippen LogP contribution >= 0.6 is 0 Å². The van der Waals surface area contributed by atoms with Crippen LogP contribution in [0.25, 0.3) is 0 Å². The highest BCUT2D eigenvalue weighted by atomic mass is 32.2. The summed E-state index contributed by atoms with van der Waals surface area (Å²) in [6.07, 6.45) is 3.15. The van der Waals surface area contributed by atoms with Crippen LogP contribution in [0.5, 0.6) is 0 Å². The summed E-state index contributed by atoms with van der Waals surface area (Å²) in [6.45, 7) is 0.757. The highest BCUT2D eigenvalue weighted by Gasteiger charge is 2.26. The van der Waals surface area contributed by atoms with E-state index in [4.69, 9.17) is 0 Å². The summed E-state index contributed by atoms with van der Waals surface area (Å²) in [4.78, 5) is 10.1. The SMILES string of the molecule is O=C([O-])CCCCCNC1CCS(=O)(=O)C1. The van der Waals surface area contributed by atoms with E-state index in [-0.39, 0.29) is 24.0 Å². The Balaban J connectivity index is 1.98. The Morgan fingerprint density at radius 3 is 2.62 bits per heavy atom. The Labute approximate surface area is 96.1 Å². The van der Waals surface area contributed by atoms with Gasteiger partial charge in [-0.3, -0.25) is 0 Å². The minimum absolute atomic E-state index is 0.0890. The highest BCUT2D eigenvalue weighted by molar-refractivity contribution is 7.91. The zero-order chi connectivity index (χ0) is 12.0. The molecule has 1 N–H and O–H groups in total. The molecular weight excluding hydrogens is 230 g/mol. The summed E-state index contributed by atoms with van der Waals surface area (Å²) >= 11 is 0. The van der Waals surface area contributed by atoms with Crippen molar-refractivity contribution in [1.29, 1.82) is 0 Å². The maximum atomic E-state index is 11.1. The molecule has 5 nitrogen and oxygen atoms in total. The largest absolute Gasteiger partial charge is 0.550 e. The lowest BCUT2D eigenvalue weighted by atomic mass is 10.2. The van der Waals surface area contributed by atoms with Crippen molar-refractivity contribution in [3.63, 3.8) is 0 Å². The number of carboxylic acid groups (broad SMARTS) is 1. The molecule has 0 bridgehead atoms. The minimum Gasteiger partial charge on any atom is -0.550 e. The van der Waals surface area contributed by atoms with Crippen LogP contribution in [0.15, 0.2) is 0 Å². The van der Waals surface area contributed by atoms with E-state index in [1.54, 1.807) is 0 Å². The summed E-state index contributed by atoms with van der Waals surface area (Å²) in [6, 6.07) is 0.0890. The van der Waals surface area contributed by atoms with Gasteiger partial charge in [-0.1, -0.05) is 6.42 Å². The molecule has 94 valence electrons. The van der Waals surface area contributed by atoms with Gasteiger partial charge in [-0.15, -0.1) is 0 Å². The number of carbonyl (C=O) groups is 1. The summed E-state index contributed by atoms with van der Waals surface area (Å²) in [5.41, 5.74) is 0. The number of unbranched alkanes of at least 4 members (excludes halogenated alkanes) is 2. The van der Waals surface area contributed by atoms with Gasteiger partial charge in [-0.2, -0.15) is 0 Å². The maximum Gasteiger partial charge on any atom is 0.151 e. The molecule has 1 fully saturated rings. The van der Waals surface area contributed by atoms with E-state index in [1.807, 2.05) is 0 Å². The van der Waals surface area contributed by atoms with Crippen molar-refractivity contribution in [3.8, 4) is 0 Å². The van der Waals surface area contributed by atoms with Crippen LogP contribution in [0.4, 0.5) is 0 Å². The number of nitrogens with one attached hydrogen (secondary N) is 1. The Morgan fingerprint density at radius 2 is 2.06 bits per heavy atom. The van der Waals surface area contributed by atoms with Crippen molar-refractivity contribution in [3.05, 3.63) is 0 Å². The third-order valence-corrected chi connectivity index (χ3v) is 4.49. The first kappa shape index (κ1) is 13.4. The van der Waals surface area contributed by atoms with E-state index >= 15 is 0 Å². The van der Waals surface area contributed by atoms with E-state index in [0.717, 1.165) is 19.4 Å². The van der Waals surface area contributed by atoms with E-state index < -0.39 is 15.8 Å². The molecule has 1 heterocycles. The van der Waals surface area contributed by atoms with Gasteiger partial charge in [-0.05, 0) is 32.2 Å². The maximum absolute atomic E-state index is 11.1. The molecule has 0 spiro atoms. The fraction of sp³-hybridized carbons (Fsp3) is 0.900. The van der Waals surface area contributed by atoms with Crippen LogP contribution in [0.2, 0.25) is 0 Å². The molecular formula is C10H18NO4S-. The van der Waals surface area contributed by atoms with Gasteiger partial charge in [0.05, 0.1) is 11.5 Å². The predicted molar refractivity (Wildman–Crippen MR) is 58.5 cm³/mol. The third kappa shape index (κ3) is 5.46. The molecule has 1 saturated heterocycles. The predicted octanol–water partition coefficient (Wildman–Crippen LogP) is -0.927. The first-order valence-electron chi connectivity index (χ1n) is 5.63. The molecule has 6 heteroatoms. The van der Waals surface area contributed by atoms with E-state index in [0.29, 0.717) is 12.8 Å². The summed E-state index contributed by atoms with van der Waals surface area (Å²) in [5.74, 6) is -0.476. The van der Waals surface area contributed by atoms with Crippen molar-refractivity contribution in [2.45, 2.75) is 38.1 Å². The molecule has 1 aliphatic rings. The summed E-state index contributed by atoms with van der Waals surface area (Å²) in [7, 11) is -2.80. The number of sulfone groups is 1. The van der Waals surface area contributed by atoms with Gasteiger partial charge in [0, 0.05) is 12.0 Å². The lowest BCUT2D eigenvalue weighted by Gasteiger charge is -2.10. The number of aliphatic carboxylic acids is 1. The van der Waals surface area contributed by atoms with Crippen LogP contribution in [-0.4, -0.2) is 38.5 Å². The van der Waals surface area contributed by atoms with Crippen LogP contribution < -0.4 is 10.4 Å². The van der Waals surface area contributed by atoms with Gasteiger partial charge in [0.2, 0.25) is 0 Å². The molecule has 1 rings (SSSR count). The van der Waals surface area contributed by atoms with E-state index in [1.165, 1.54) is 0 Å². The van der Waals surface area contributed by atoms with Crippen molar-refractivity contribution in [2.75, 3.05) is 18.1 Å². The number of hydrogen-bond acceptors (Lipinski definition) is 5. The lowest BCUT2D eigenvalue weighted by molar-refractivity contribution is -0.305. The molecule has 1 aliphatic heterocycles. The second-order valence-corrected chi connectivity index (χ2v) is 6.47. The van der Waals surface area contributed by atoms with Gasteiger partial charge < -0.3 is 15.2 Å². The smallest absolute Gasteiger partial charge is 0.151 e. The van der Waals surface area contributed by atoms with Gasteiger partial charge in [0.1, 0.15) is 0 Å². The molecule has 0 aromatic heterocycles. The zero-order valence-electron chi connectivity index (χ0n) is 9.28. The zero-order valence-corrected chi connectivity index (χ0v) is 10.1. The average Bonchev–Trinajstić information content (AvgIpc) is 2.51. The molecule has 1 unspecified atom stereocenters. The fourth-order valence-corrected chi connectivity index (χ4v) is 3.54. The van der Waals surface area contributed by atoms with E-state index in [9.17, 15) is 18.3 Å². The topological polar surface area (TPSA) is 86.3 Å². The number of carboxylic acids is 1. The first-order chi connectivity index (χ1) is 7.49. The molecule has 1 atom stereocenters. The Hall–Kier alpha value is -0.620. The monoisotopic (exact) mass is 248 g/mol. The second kappa shape index (κ2) is 6.20. The molecule has 0 radical (unpaired) electrons. The van der Waals surface area contributed by atoms with Gasteiger partial charge >= 0.3 is 0 Å². The van der Waals surface area contributed by atoms with Gasteiger partial charge in [0.25, 0.3) is 0 Å². The number of hydrogen-bond donors (Lipinski definition) is 1. The Morgan fingerprint density at radius 1 is 1.31 bits per heavy atom. The van der Waals surface area contributed by atoms with Crippen LogP contribution in [0.3, 0.4) is 0 Å². The molecule has 0 aromatic carbocycles. The average molecular weight is 248 g/mol. The van der Waals surface area contributed by atoms with Crippen molar-refractivity contribution < 1.29 is 18.3 Å². The van der Waals surface area contributed by atoms with E-state index in [2.05, 4.69) is 5.32 Å². The Bertz CT molecular complexity index is 326. The molecule has 0 aromatic rings. The lowest BCUT2D eigenvalue weighted by Crippen LogP contribution is -2.30. The fourth-order valence-electron chi connectivity index (χ4n) is 1.83. The van der Waals surface area contributed by atoms with Crippen molar-refractivity contribution in [1.82, 2.24) is 5.32 Å². The third-order valence-electron chi connectivity index (χ3n) is 2.72. The van der Waals surface area contributed by atoms with Gasteiger partial charge in [-0.25, -0.2) is 8.42 Å². The van der Waals surface area contributed by atoms with Gasteiger partial charge in [0.15, 0.2) is 9.84 Å². The van der Waals surface area contributed by atoms with Crippen LogP contribution in [-0.2, 0) is 14.6 Å². The highest BCUT2D eigenvalue weighted by Crippen LogP contribution is 2.11. The van der Waals surface area contributed by atoms with Crippen LogP contribution in [0, 0.1) is 0 Å². The number of carbonyl (C=O) groups excluding carboxylic acids is 1. The van der Waals surface area contributed by atoms with Crippen molar-refractivity contribution >= 4 is 15.8 Å². The normalized spacial score (nSPS) is 23.4. The first-order valence-corrected chi connectivity index (χ1v) is 7.45. The summed E-state index contributed by atoms with van der Waals surface area (Å²) in [5, 5.41) is 13.3. The molecule has 0 aliphatic carbocycles.